The summed E-state index contributed by atoms with van der Waals surface area (Å²) in [6, 6.07) is 0. The summed E-state index contributed by atoms with van der Waals surface area (Å²) in [4.78, 5) is 37.8. The minimum atomic E-state index is -0.822. The highest BCUT2D eigenvalue weighted by molar-refractivity contribution is 5.72. The molecule has 0 aromatic heterocycles. The van der Waals surface area contributed by atoms with Crippen LogP contribution in [0.15, 0.2) is 85.1 Å². The van der Waals surface area contributed by atoms with Gasteiger partial charge in [-0.2, -0.15) is 0 Å². The molecule has 6 heteroatoms. The van der Waals surface area contributed by atoms with Crippen molar-refractivity contribution in [2.45, 2.75) is 239 Å². The molecule has 1 atom stereocenters. The fourth-order valence-electron chi connectivity index (χ4n) is 6.85. The van der Waals surface area contributed by atoms with Crippen molar-refractivity contribution in [2.24, 2.45) is 0 Å². The molecule has 62 heavy (non-hydrogen) atoms. The van der Waals surface area contributed by atoms with E-state index in [0.29, 0.717) is 12.8 Å². The average Bonchev–Trinajstić information content (AvgIpc) is 3.27. The molecule has 0 saturated carbocycles. The van der Waals surface area contributed by atoms with Crippen molar-refractivity contribution >= 4 is 17.9 Å². The third-order valence-electron chi connectivity index (χ3n) is 10.7. The Kier molecular flexibility index (Phi) is 47.5. The van der Waals surface area contributed by atoms with Crippen LogP contribution >= 0.6 is 0 Å². The van der Waals surface area contributed by atoms with Gasteiger partial charge >= 0.3 is 17.9 Å². The smallest absolute Gasteiger partial charge is 0.309 e. The minimum Gasteiger partial charge on any atom is -0.462 e. The van der Waals surface area contributed by atoms with E-state index in [2.05, 4.69) is 93.7 Å². The number of carbonyl (C=O) groups excluding carboxylic acids is 3. The van der Waals surface area contributed by atoms with Crippen LogP contribution in [-0.4, -0.2) is 37.2 Å². The first-order chi connectivity index (χ1) is 30.5. The Balaban J connectivity index is 4.42. The number of ether oxygens (including phenoxy) is 3. The summed E-state index contributed by atoms with van der Waals surface area (Å²) in [6.07, 6.45) is 64.6. The molecule has 0 rings (SSSR count). The molecular formula is C56H94O6. The fraction of sp³-hybridized carbons (Fsp3) is 0.696. The van der Waals surface area contributed by atoms with Gasteiger partial charge in [-0.25, -0.2) is 0 Å². The van der Waals surface area contributed by atoms with Gasteiger partial charge in [0.05, 0.1) is 6.42 Å². The average molecular weight is 863 g/mol. The van der Waals surface area contributed by atoms with E-state index in [0.717, 1.165) is 83.5 Å². The van der Waals surface area contributed by atoms with E-state index in [4.69, 9.17) is 14.2 Å². The monoisotopic (exact) mass is 863 g/mol. The molecule has 0 fully saturated rings. The summed E-state index contributed by atoms with van der Waals surface area (Å²) in [6.45, 7) is 6.38. The lowest BCUT2D eigenvalue weighted by atomic mass is 10.1. The summed E-state index contributed by atoms with van der Waals surface area (Å²) < 4.78 is 16.6. The van der Waals surface area contributed by atoms with Gasteiger partial charge in [-0.15, -0.1) is 0 Å². The van der Waals surface area contributed by atoms with Crippen LogP contribution in [0.2, 0.25) is 0 Å². The van der Waals surface area contributed by atoms with Crippen molar-refractivity contribution in [3.8, 4) is 0 Å². The second-order valence-electron chi connectivity index (χ2n) is 16.8. The summed E-state index contributed by atoms with van der Waals surface area (Å²) in [5.74, 6) is -1.07. The molecule has 1 unspecified atom stereocenters. The van der Waals surface area contributed by atoms with Crippen LogP contribution in [0.25, 0.3) is 0 Å². The van der Waals surface area contributed by atoms with Crippen LogP contribution in [0.3, 0.4) is 0 Å². The van der Waals surface area contributed by atoms with Gasteiger partial charge < -0.3 is 14.2 Å². The minimum absolute atomic E-state index is 0.116. The Labute approximate surface area is 382 Å². The highest BCUT2D eigenvalue weighted by atomic mass is 16.6. The van der Waals surface area contributed by atoms with Gasteiger partial charge in [0.1, 0.15) is 13.2 Å². The molecule has 0 heterocycles. The van der Waals surface area contributed by atoms with Gasteiger partial charge in [0.25, 0.3) is 0 Å². The third-order valence-corrected chi connectivity index (χ3v) is 10.7. The molecule has 0 aromatic carbocycles. The van der Waals surface area contributed by atoms with E-state index in [1.165, 1.54) is 109 Å². The predicted molar refractivity (Wildman–Crippen MR) is 265 cm³/mol. The number of hydrogen-bond donors (Lipinski definition) is 0. The zero-order chi connectivity index (χ0) is 45.1. The van der Waals surface area contributed by atoms with E-state index in [-0.39, 0.29) is 31.6 Å². The number of esters is 3. The Hall–Kier alpha value is -3.41. The summed E-state index contributed by atoms with van der Waals surface area (Å²) in [5.41, 5.74) is 0. The lowest BCUT2D eigenvalue weighted by Crippen LogP contribution is -2.30. The zero-order valence-electron chi connectivity index (χ0n) is 40.4. The number of carbonyl (C=O) groups is 3. The van der Waals surface area contributed by atoms with E-state index >= 15 is 0 Å². The highest BCUT2D eigenvalue weighted by Crippen LogP contribution is 2.13. The molecule has 0 aliphatic rings. The first-order valence-corrected chi connectivity index (χ1v) is 25.6. The van der Waals surface area contributed by atoms with Gasteiger partial charge in [-0.05, 0) is 83.5 Å². The Bertz CT molecular complexity index is 1220. The van der Waals surface area contributed by atoms with Crippen molar-refractivity contribution in [3.05, 3.63) is 85.1 Å². The first-order valence-electron chi connectivity index (χ1n) is 25.6. The van der Waals surface area contributed by atoms with E-state index < -0.39 is 12.1 Å². The fourth-order valence-corrected chi connectivity index (χ4v) is 6.85. The van der Waals surface area contributed by atoms with E-state index in [1.54, 1.807) is 6.08 Å². The van der Waals surface area contributed by atoms with Crippen LogP contribution in [0, 0.1) is 0 Å². The Morgan fingerprint density at radius 2 is 0.758 bits per heavy atom. The normalized spacial score (nSPS) is 12.8. The van der Waals surface area contributed by atoms with Crippen molar-refractivity contribution < 1.29 is 28.6 Å². The molecule has 0 aliphatic heterocycles. The Morgan fingerprint density at radius 3 is 1.24 bits per heavy atom. The van der Waals surface area contributed by atoms with Crippen molar-refractivity contribution in [1.29, 1.82) is 0 Å². The first kappa shape index (κ1) is 58.6. The largest absolute Gasteiger partial charge is 0.462 e. The summed E-state index contributed by atoms with van der Waals surface area (Å²) in [5, 5.41) is 0. The summed E-state index contributed by atoms with van der Waals surface area (Å²) >= 11 is 0. The maximum atomic E-state index is 12.8. The van der Waals surface area contributed by atoms with Crippen molar-refractivity contribution in [1.82, 2.24) is 0 Å². The van der Waals surface area contributed by atoms with Gasteiger partial charge in [0.15, 0.2) is 6.10 Å². The zero-order valence-corrected chi connectivity index (χ0v) is 40.4. The van der Waals surface area contributed by atoms with Crippen LogP contribution in [-0.2, 0) is 28.6 Å². The molecule has 0 bridgehead atoms. The van der Waals surface area contributed by atoms with Crippen LogP contribution in [0.1, 0.15) is 233 Å². The molecule has 0 saturated heterocycles. The highest BCUT2D eigenvalue weighted by Gasteiger charge is 2.19. The van der Waals surface area contributed by atoms with Crippen molar-refractivity contribution in [3.63, 3.8) is 0 Å². The molecule has 0 aliphatic carbocycles. The standard InChI is InChI=1S/C56H94O6/c1-4-7-10-13-16-19-21-23-25-27-29-30-32-34-37-40-43-46-49-55(58)61-52-53(51-60-54(57)48-45-42-39-36-18-15-12-9-6-3)62-56(59)50-47-44-41-38-35-33-31-28-26-24-22-20-17-14-11-8-5-2/h9,12,18,21,23-27,29-30,36,42,45,53H,4-8,10-11,13-17,19-20,22,28,31-35,37-41,43-44,46-52H2,1-3H3/b12-9-,23-21-,26-24-,27-25-,30-29-,36-18-,45-42-. The van der Waals surface area contributed by atoms with Crippen LogP contribution < -0.4 is 0 Å². The topological polar surface area (TPSA) is 78.9 Å². The maximum Gasteiger partial charge on any atom is 0.309 e. The quantitative estimate of drug-likeness (QED) is 0.0199. The SMILES string of the molecule is CC/C=C\C/C=C\C/C=C\CC(=O)OCC(COC(=O)CCCCCCC\C=C/C=C\C=C/CCCCCCC)OC(=O)CCCCCCCCC/C=C\CCCCCCCC. The van der Waals surface area contributed by atoms with E-state index in [1.807, 2.05) is 6.08 Å². The molecule has 0 N–H and O–H groups in total. The molecule has 0 radical (unpaired) electrons. The molecule has 0 amide bonds. The van der Waals surface area contributed by atoms with Gasteiger partial charge in [-0.1, -0.05) is 215 Å². The number of hydrogen-bond acceptors (Lipinski definition) is 6. The predicted octanol–water partition coefficient (Wildman–Crippen LogP) is 16.8. The molecule has 0 aromatic rings. The van der Waals surface area contributed by atoms with Crippen LogP contribution in [0.5, 0.6) is 0 Å². The van der Waals surface area contributed by atoms with Crippen LogP contribution in [0.4, 0.5) is 0 Å². The van der Waals surface area contributed by atoms with E-state index in [9.17, 15) is 14.4 Å². The van der Waals surface area contributed by atoms with Gasteiger partial charge in [-0.3, -0.25) is 14.4 Å². The molecule has 354 valence electrons. The lowest BCUT2D eigenvalue weighted by Gasteiger charge is -2.18. The van der Waals surface area contributed by atoms with Crippen molar-refractivity contribution in [2.75, 3.05) is 13.2 Å². The molecular weight excluding hydrogens is 769 g/mol. The van der Waals surface area contributed by atoms with Gasteiger partial charge in [0, 0.05) is 12.8 Å². The second kappa shape index (κ2) is 50.2. The summed E-state index contributed by atoms with van der Waals surface area (Å²) in [7, 11) is 0. The Morgan fingerprint density at radius 1 is 0.371 bits per heavy atom. The molecule has 6 nitrogen and oxygen atoms in total. The molecule has 0 spiro atoms. The number of rotatable bonds is 45. The number of allylic oxidation sites excluding steroid dienone is 13. The lowest BCUT2D eigenvalue weighted by molar-refractivity contribution is -0.166. The number of unbranched alkanes of at least 4 members (excludes halogenated alkanes) is 23. The maximum absolute atomic E-state index is 12.8. The van der Waals surface area contributed by atoms with Gasteiger partial charge in [0.2, 0.25) is 0 Å². The third kappa shape index (κ3) is 47.6. The second-order valence-corrected chi connectivity index (χ2v) is 16.8.